The van der Waals surface area contributed by atoms with Gasteiger partial charge in [-0.15, -0.1) is 0 Å². The summed E-state index contributed by atoms with van der Waals surface area (Å²) < 4.78 is 0. The molecule has 0 aliphatic heterocycles. The van der Waals surface area contributed by atoms with E-state index in [0.717, 1.165) is 37.7 Å². The van der Waals surface area contributed by atoms with Gasteiger partial charge in [0.25, 0.3) is 0 Å². The van der Waals surface area contributed by atoms with Crippen molar-refractivity contribution >= 4 is 0 Å². The summed E-state index contributed by atoms with van der Waals surface area (Å²) in [6, 6.07) is 0. The molecule has 0 aromatic carbocycles. The number of fused-ring (bicyclic) bond motifs is 1. The number of hydrogen-bond donors (Lipinski definition) is 4. The zero-order valence-electron chi connectivity index (χ0n) is 15.2. The Hall–Kier alpha value is -0.680. The Labute approximate surface area is 145 Å². The van der Waals surface area contributed by atoms with E-state index in [1.54, 1.807) is 6.08 Å². The highest BCUT2D eigenvalue weighted by atomic mass is 16.3. The minimum absolute atomic E-state index is 0.0487. The maximum absolute atomic E-state index is 10.4. The Morgan fingerprint density at radius 3 is 2.58 bits per heavy atom. The molecule has 4 heteroatoms. The largest absolute Gasteiger partial charge is 0.396 e. The van der Waals surface area contributed by atoms with Crippen LogP contribution in [0.5, 0.6) is 0 Å². The van der Waals surface area contributed by atoms with E-state index in [1.807, 2.05) is 0 Å². The quantitative estimate of drug-likeness (QED) is 0.538. The van der Waals surface area contributed by atoms with Crippen LogP contribution in [0.4, 0.5) is 0 Å². The SMILES string of the molecule is CC1=CCCC2C(CO)(C1)CC(C)C2(CO)CCC(=CCO)CO. The summed E-state index contributed by atoms with van der Waals surface area (Å²) in [4.78, 5) is 0. The third-order valence-electron chi connectivity index (χ3n) is 6.81. The molecule has 138 valence electrons. The predicted molar refractivity (Wildman–Crippen MR) is 95.4 cm³/mol. The Bertz CT molecular complexity index is 484. The van der Waals surface area contributed by atoms with E-state index in [2.05, 4.69) is 19.9 Å². The third kappa shape index (κ3) is 3.48. The first kappa shape index (κ1) is 19.6. The lowest BCUT2D eigenvalue weighted by Crippen LogP contribution is -2.41. The highest BCUT2D eigenvalue weighted by Crippen LogP contribution is 2.63. The summed E-state index contributed by atoms with van der Waals surface area (Å²) >= 11 is 0. The fraction of sp³-hybridized carbons (Fsp3) is 0.800. The molecule has 4 atom stereocenters. The minimum Gasteiger partial charge on any atom is -0.396 e. The zero-order valence-corrected chi connectivity index (χ0v) is 15.2. The molecule has 2 rings (SSSR count). The van der Waals surface area contributed by atoms with Crippen LogP contribution in [0.1, 0.15) is 52.4 Å². The summed E-state index contributed by atoms with van der Waals surface area (Å²) in [6.07, 6.45) is 9.30. The van der Waals surface area contributed by atoms with Gasteiger partial charge in [0.05, 0.1) is 13.2 Å². The predicted octanol–water partition coefficient (Wildman–Crippen LogP) is 2.42. The van der Waals surface area contributed by atoms with Crippen molar-refractivity contribution in [2.75, 3.05) is 26.4 Å². The lowest BCUT2D eigenvalue weighted by Gasteiger charge is -2.43. The first-order valence-electron chi connectivity index (χ1n) is 9.25. The first-order valence-corrected chi connectivity index (χ1v) is 9.25. The second-order valence-corrected chi connectivity index (χ2v) is 8.08. The van der Waals surface area contributed by atoms with Crippen molar-refractivity contribution in [2.45, 2.75) is 52.4 Å². The van der Waals surface area contributed by atoms with Crippen LogP contribution in [0, 0.1) is 22.7 Å². The van der Waals surface area contributed by atoms with Crippen LogP contribution >= 0.6 is 0 Å². The van der Waals surface area contributed by atoms with Gasteiger partial charge < -0.3 is 20.4 Å². The lowest BCUT2D eigenvalue weighted by molar-refractivity contribution is -0.0103. The number of hydrogen-bond acceptors (Lipinski definition) is 4. The standard InChI is InChI=1S/C20H34O4/c1-15-4-3-5-18-19(10-15,13-23)11-16(2)20(18,14-24)8-6-17(12-22)7-9-21/h4,7,16,18,21-24H,3,5-6,8-14H2,1-2H3. The van der Waals surface area contributed by atoms with E-state index in [1.165, 1.54) is 5.57 Å². The molecule has 4 nitrogen and oxygen atoms in total. The third-order valence-corrected chi connectivity index (χ3v) is 6.81. The molecule has 0 spiro atoms. The smallest absolute Gasteiger partial charge is 0.0642 e. The van der Waals surface area contributed by atoms with Crippen LogP contribution in [-0.2, 0) is 0 Å². The van der Waals surface area contributed by atoms with Gasteiger partial charge >= 0.3 is 0 Å². The van der Waals surface area contributed by atoms with Gasteiger partial charge in [-0.05, 0) is 68.3 Å². The molecule has 2 aliphatic carbocycles. The molecule has 0 saturated heterocycles. The van der Waals surface area contributed by atoms with Crippen LogP contribution in [0.3, 0.4) is 0 Å². The van der Waals surface area contributed by atoms with E-state index < -0.39 is 0 Å². The number of aliphatic hydroxyl groups excluding tert-OH is 4. The normalized spacial score (nSPS) is 37.1. The van der Waals surface area contributed by atoms with E-state index >= 15 is 0 Å². The Morgan fingerprint density at radius 1 is 1.25 bits per heavy atom. The number of allylic oxidation sites excluding steroid dienone is 2. The Morgan fingerprint density at radius 2 is 2.00 bits per heavy atom. The fourth-order valence-corrected chi connectivity index (χ4v) is 5.59. The van der Waals surface area contributed by atoms with Crippen molar-refractivity contribution in [2.24, 2.45) is 22.7 Å². The van der Waals surface area contributed by atoms with E-state index in [9.17, 15) is 15.3 Å². The van der Waals surface area contributed by atoms with Crippen LogP contribution < -0.4 is 0 Å². The van der Waals surface area contributed by atoms with E-state index in [-0.39, 0.29) is 43.2 Å². The second kappa shape index (κ2) is 8.13. The molecule has 1 fully saturated rings. The van der Waals surface area contributed by atoms with Crippen molar-refractivity contribution < 1.29 is 20.4 Å². The van der Waals surface area contributed by atoms with Gasteiger partial charge in [0, 0.05) is 18.6 Å². The lowest BCUT2D eigenvalue weighted by atomic mass is 9.63. The fourth-order valence-electron chi connectivity index (χ4n) is 5.59. The molecule has 0 aromatic heterocycles. The molecular weight excluding hydrogens is 304 g/mol. The molecule has 0 heterocycles. The van der Waals surface area contributed by atoms with Gasteiger partial charge in [0.15, 0.2) is 0 Å². The van der Waals surface area contributed by atoms with Gasteiger partial charge in [0.2, 0.25) is 0 Å². The molecule has 0 radical (unpaired) electrons. The Balaban J connectivity index is 2.29. The average Bonchev–Trinajstić information content (AvgIpc) is 2.69. The summed E-state index contributed by atoms with van der Waals surface area (Å²) in [6.45, 7) is 4.54. The number of rotatable bonds is 7. The van der Waals surface area contributed by atoms with E-state index in [4.69, 9.17) is 5.11 Å². The molecule has 1 saturated carbocycles. The highest BCUT2D eigenvalue weighted by Gasteiger charge is 2.59. The minimum atomic E-state index is -0.217. The molecule has 2 aliphatic rings. The van der Waals surface area contributed by atoms with Crippen LogP contribution in [0.2, 0.25) is 0 Å². The van der Waals surface area contributed by atoms with Gasteiger partial charge in [0.1, 0.15) is 0 Å². The van der Waals surface area contributed by atoms with Crippen LogP contribution in [0.15, 0.2) is 23.3 Å². The summed E-state index contributed by atoms with van der Waals surface area (Å²) in [5.41, 5.74) is 1.84. The topological polar surface area (TPSA) is 80.9 Å². The van der Waals surface area contributed by atoms with Gasteiger partial charge in [-0.3, -0.25) is 0 Å². The van der Waals surface area contributed by atoms with Crippen molar-refractivity contribution in [1.82, 2.24) is 0 Å². The van der Waals surface area contributed by atoms with Gasteiger partial charge in [-0.25, -0.2) is 0 Å². The average molecular weight is 338 g/mol. The van der Waals surface area contributed by atoms with Crippen molar-refractivity contribution in [3.05, 3.63) is 23.3 Å². The summed E-state index contributed by atoms with van der Waals surface area (Å²) in [7, 11) is 0. The molecule has 0 bridgehead atoms. The molecule has 4 N–H and O–H groups in total. The highest BCUT2D eigenvalue weighted by molar-refractivity contribution is 5.16. The summed E-state index contributed by atoms with van der Waals surface area (Å²) in [5, 5.41) is 39.2. The molecule has 24 heavy (non-hydrogen) atoms. The number of aliphatic hydroxyl groups is 4. The molecule has 4 unspecified atom stereocenters. The van der Waals surface area contributed by atoms with Crippen LogP contribution in [0.25, 0.3) is 0 Å². The van der Waals surface area contributed by atoms with Gasteiger partial charge in [-0.1, -0.05) is 24.6 Å². The Kier molecular flexibility index (Phi) is 6.66. The van der Waals surface area contributed by atoms with Crippen molar-refractivity contribution in [3.8, 4) is 0 Å². The van der Waals surface area contributed by atoms with Gasteiger partial charge in [-0.2, -0.15) is 0 Å². The molecule has 0 amide bonds. The van der Waals surface area contributed by atoms with E-state index in [0.29, 0.717) is 12.3 Å². The molecular formula is C20H34O4. The van der Waals surface area contributed by atoms with Crippen molar-refractivity contribution in [1.29, 1.82) is 0 Å². The maximum Gasteiger partial charge on any atom is 0.0642 e. The van der Waals surface area contributed by atoms with Crippen LogP contribution in [-0.4, -0.2) is 46.9 Å². The maximum atomic E-state index is 10.4. The second-order valence-electron chi connectivity index (χ2n) is 8.08. The summed E-state index contributed by atoms with van der Waals surface area (Å²) in [5.74, 6) is 0.623. The zero-order chi connectivity index (χ0) is 17.8. The van der Waals surface area contributed by atoms with Crippen molar-refractivity contribution in [3.63, 3.8) is 0 Å². The first-order chi connectivity index (χ1) is 11.5. The monoisotopic (exact) mass is 338 g/mol. The molecule has 0 aromatic rings.